The highest BCUT2D eigenvalue weighted by Crippen LogP contribution is 2.23. The van der Waals surface area contributed by atoms with Crippen LogP contribution < -0.4 is 10.1 Å². The van der Waals surface area contributed by atoms with Crippen LogP contribution in [0.2, 0.25) is 0 Å². The van der Waals surface area contributed by atoms with E-state index in [1.165, 1.54) is 0 Å². The molecule has 1 saturated carbocycles. The molecule has 0 bridgehead atoms. The molecule has 0 radical (unpaired) electrons. The third-order valence-electron chi connectivity index (χ3n) is 4.52. The Morgan fingerprint density at radius 1 is 1.04 bits per heavy atom. The molecule has 1 aliphatic carbocycles. The van der Waals surface area contributed by atoms with E-state index in [1.54, 1.807) is 0 Å². The Hall–Kier alpha value is -2.43. The predicted molar refractivity (Wildman–Crippen MR) is 96.8 cm³/mol. The molecule has 0 unspecified atom stereocenters. The maximum atomic E-state index is 12.4. The first-order valence-corrected chi connectivity index (χ1v) is 8.86. The molecule has 0 atom stereocenters. The largest absolute Gasteiger partial charge is 0.460 e. The summed E-state index contributed by atoms with van der Waals surface area (Å²) in [6.07, 6.45) is 3.73. The van der Waals surface area contributed by atoms with Crippen LogP contribution in [0.15, 0.2) is 30.3 Å². The second kappa shape index (κ2) is 7.64. The van der Waals surface area contributed by atoms with Gasteiger partial charge in [0.1, 0.15) is 6.10 Å². The molecule has 1 N–H and O–H groups in total. The van der Waals surface area contributed by atoms with Crippen molar-refractivity contribution in [2.75, 3.05) is 0 Å². The number of benzene rings is 1. The Morgan fingerprint density at radius 2 is 1.72 bits per heavy atom. The Balaban J connectivity index is 1.51. The summed E-state index contributed by atoms with van der Waals surface area (Å²) in [6.45, 7) is 5.88. The summed E-state index contributed by atoms with van der Waals surface area (Å²) in [4.78, 5) is 21.0. The number of aromatic nitrogens is 2. The Morgan fingerprint density at radius 3 is 2.36 bits per heavy atom. The van der Waals surface area contributed by atoms with E-state index < -0.39 is 0 Å². The van der Waals surface area contributed by atoms with Crippen molar-refractivity contribution in [3.05, 3.63) is 52.8 Å². The molecule has 0 aliphatic heterocycles. The Kier molecular flexibility index (Phi) is 5.31. The van der Waals surface area contributed by atoms with Crippen LogP contribution in [0.4, 0.5) is 0 Å². The van der Waals surface area contributed by atoms with Crippen molar-refractivity contribution in [3.8, 4) is 6.01 Å². The molecule has 132 valence electrons. The molecule has 1 aliphatic rings. The van der Waals surface area contributed by atoms with E-state index in [0.717, 1.165) is 48.2 Å². The van der Waals surface area contributed by atoms with Crippen LogP contribution in [0, 0.1) is 20.8 Å². The average molecular weight is 339 g/mol. The number of carbonyl (C=O) groups is 1. The summed E-state index contributed by atoms with van der Waals surface area (Å²) in [5.74, 6) is 0.00529. The molecule has 1 aromatic heterocycles. The van der Waals surface area contributed by atoms with Crippen molar-refractivity contribution in [1.82, 2.24) is 15.3 Å². The fourth-order valence-corrected chi connectivity index (χ4v) is 3.28. The van der Waals surface area contributed by atoms with Crippen molar-refractivity contribution in [2.24, 2.45) is 0 Å². The molecule has 5 nitrogen and oxygen atoms in total. The van der Waals surface area contributed by atoms with E-state index in [2.05, 4.69) is 15.3 Å². The molecule has 25 heavy (non-hydrogen) atoms. The first-order valence-electron chi connectivity index (χ1n) is 8.86. The summed E-state index contributed by atoms with van der Waals surface area (Å²) < 4.78 is 5.94. The van der Waals surface area contributed by atoms with Gasteiger partial charge in [0, 0.05) is 23.0 Å². The molecule has 1 heterocycles. The van der Waals surface area contributed by atoms with E-state index >= 15 is 0 Å². The van der Waals surface area contributed by atoms with E-state index in [-0.39, 0.29) is 18.1 Å². The maximum Gasteiger partial charge on any atom is 0.317 e. The minimum atomic E-state index is 0.00529. The van der Waals surface area contributed by atoms with Gasteiger partial charge < -0.3 is 10.1 Å². The van der Waals surface area contributed by atoms with Gasteiger partial charge in [0.2, 0.25) is 0 Å². The smallest absolute Gasteiger partial charge is 0.317 e. The fourth-order valence-electron chi connectivity index (χ4n) is 3.28. The summed E-state index contributed by atoms with van der Waals surface area (Å²) in [6, 6.07) is 10.3. The predicted octanol–water partition coefficient (Wildman–Crippen LogP) is 3.52. The van der Waals surface area contributed by atoms with Gasteiger partial charge in [0.25, 0.3) is 5.91 Å². The number of carbonyl (C=O) groups excluding carboxylic acids is 1. The quantitative estimate of drug-likeness (QED) is 0.925. The van der Waals surface area contributed by atoms with E-state index in [1.807, 2.05) is 51.1 Å². The first-order chi connectivity index (χ1) is 12.0. The molecule has 5 heteroatoms. The number of rotatable bonds is 4. The van der Waals surface area contributed by atoms with Gasteiger partial charge in [-0.15, -0.1) is 0 Å². The van der Waals surface area contributed by atoms with Crippen LogP contribution in [0.25, 0.3) is 0 Å². The molecule has 2 aromatic rings. The second-order valence-electron chi connectivity index (χ2n) is 6.87. The fraction of sp³-hybridized carbons (Fsp3) is 0.450. The monoisotopic (exact) mass is 339 g/mol. The van der Waals surface area contributed by atoms with Gasteiger partial charge in [-0.05, 0) is 64.7 Å². The van der Waals surface area contributed by atoms with Crippen LogP contribution >= 0.6 is 0 Å². The Labute approximate surface area is 148 Å². The summed E-state index contributed by atoms with van der Waals surface area (Å²) >= 11 is 0. The standard InChI is InChI=1S/C20H25N3O2/c1-13-5-4-6-16(11-13)19(24)23-17-7-9-18(10-8-17)25-20-21-14(2)12-15(3)22-20/h4-6,11-12,17-18H,7-10H2,1-3H3,(H,23,24). The molecule has 1 amide bonds. The first kappa shape index (κ1) is 17.4. The zero-order valence-corrected chi connectivity index (χ0v) is 15.1. The summed E-state index contributed by atoms with van der Waals surface area (Å²) in [7, 11) is 0. The van der Waals surface area contributed by atoms with Crippen LogP contribution in [0.3, 0.4) is 0 Å². The molecule has 0 saturated heterocycles. The van der Waals surface area contributed by atoms with Crippen molar-refractivity contribution in [3.63, 3.8) is 0 Å². The number of nitrogens with zero attached hydrogens (tertiary/aromatic N) is 2. The van der Waals surface area contributed by atoms with E-state index in [4.69, 9.17) is 4.74 Å². The third-order valence-corrected chi connectivity index (χ3v) is 4.52. The van der Waals surface area contributed by atoms with Gasteiger partial charge in [0.05, 0.1) is 0 Å². The lowest BCUT2D eigenvalue weighted by Gasteiger charge is -2.29. The maximum absolute atomic E-state index is 12.4. The topological polar surface area (TPSA) is 64.1 Å². The number of amides is 1. The van der Waals surface area contributed by atoms with Gasteiger partial charge in [-0.25, -0.2) is 9.97 Å². The van der Waals surface area contributed by atoms with E-state index in [0.29, 0.717) is 6.01 Å². The minimum absolute atomic E-state index is 0.00529. The molecule has 0 spiro atoms. The lowest BCUT2D eigenvalue weighted by atomic mass is 9.92. The highest BCUT2D eigenvalue weighted by atomic mass is 16.5. The number of ether oxygens (including phenoxy) is 1. The van der Waals surface area contributed by atoms with Crippen molar-refractivity contribution < 1.29 is 9.53 Å². The van der Waals surface area contributed by atoms with Crippen LogP contribution in [-0.2, 0) is 0 Å². The highest BCUT2D eigenvalue weighted by Gasteiger charge is 2.24. The third kappa shape index (κ3) is 4.78. The van der Waals surface area contributed by atoms with Crippen LogP contribution in [0.1, 0.15) is 53.0 Å². The number of hydrogen-bond donors (Lipinski definition) is 1. The van der Waals surface area contributed by atoms with Gasteiger partial charge in [-0.3, -0.25) is 4.79 Å². The average Bonchev–Trinajstić information content (AvgIpc) is 2.56. The molecule has 1 aromatic carbocycles. The van der Waals surface area contributed by atoms with Gasteiger partial charge in [-0.2, -0.15) is 0 Å². The number of nitrogens with one attached hydrogen (secondary N) is 1. The molecular weight excluding hydrogens is 314 g/mol. The lowest BCUT2D eigenvalue weighted by molar-refractivity contribution is 0.0884. The number of aryl methyl sites for hydroxylation is 3. The van der Waals surface area contributed by atoms with Gasteiger partial charge >= 0.3 is 6.01 Å². The minimum Gasteiger partial charge on any atom is -0.460 e. The second-order valence-corrected chi connectivity index (χ2v) is 6.87. The Bertz CT molecular complexity index is 732. The van der Waals surface area contributed by atoms with Crippen molar-refractivity contribution in [2.45, 2.75) is 58.6 Å². The normalized spacial score (nSPS) is 20.1. The van der Waals surface area contributed by atoms with Crippen molar-refractivity contribution in [1.29, 1.82) is 0 Å². The zero-order valence-electron chi connectivity index (χ0n) is 15.1. The lowest BCUT2D eigenvalue weighted by Crippen LogP contribution is -2.39. The SMILES string of the molecule is Cc1cccc(C(=O)NC2CCC(Oc3nc(C)cc(C)n3)CC2)c1. The van der Waals surface area contributed by atoms with Crippen molar-refractivity contribution >= 4 is 5.91 Å². The van der Waals surface area contributed by atoms with Crippen LogP contribution in [-0.4, -0.2) is 28.0 Å². The summed E-state index contributed by atoms with van der Waals surface area (Å²) in [5.41, 5.74) is 3.66. The molecular formula is C20H25N3O2. The van der Waals surface area contributed by atoms with E-state index in [9.17, 15) is 4.79 Å². The molecule has 3 rings (SSSR count). The summed E-state index contributed by atoms with van der Waals surface area (Å²) in [5, 5.41) is 3.14. The van der Waals surface area contributed by atoms with Crippen LogP contribution in [0.5, 0.6) is 6.01 Å². The van der Waals surface area contributed by atoms with Gasteiger partial charge in [-0.1, -0.05) is 17.7 Å². The highest BCUT2D eigenvalue weighted by molar-refractivity contribution is 5.94. The molecule has 1 fully saturated rings. The number of hydrogen-bond acceptors (Lipinski definition) is 4. The zero-order chi connectivity index (χ0) is 17.8. The van der Waals surface area contributed by atoms with Gasteiger partial charge in [0.15, 0.2) is 0 Å².